The number of thiophene rings is 1. The maximum Gasteiger partial charge on any atom is 0.220 e. The van der Waals surface area contributed by atoms with Gasteiger partial charge in [0.05, 0.1) is 17.7 Å². The molecule has 0 bridgehead atoms. The molecular weight excluding hydrogens is 356 g/mol. The van der Waals surface area contributed by atoms with Crippen LogP contribution in [0.25, 0.3) is 0 Å². The molecule has 2 aliphatic rings. The van der Waals surface area contributed by atoms with Gasteiger partial charge in [0.1, 0.15) is 0 Å². The van der Waals surface area contributed by atoms with E-state index < -0.39 is 5.60 Å². The predicted molar refractivity (Wildman–Crippen MR) is 112 cm³/mol. The number of piperidine rings is 1. The Bertz CT molecular complexity index is 615. The number of amides is 1. The fourth-order valence-corrected chi connectivity index (χ4v) is 5.59. The van der Waals surface area contributed by atoms with Crippen LogP contribution in [0.2, 0.25) is 0 Å². The molecule has 0 unspecified atom stereocenters. The van der Waals surface area contributed by atoms with Crippen LogP contribution in [0.5, 0.6) is 0 Å². The molecule has 1 saturated heterocycles. The second-order valence-corrected chi connectivity index (χ2v) is 11.0. The molecule has 1 aromatic heterocycles. The lowest BCUT2D eigenvalue weighted by atomic mass is 9.80. The fourth-order valence-electron chi connectivity index (χ4n) is 4.69. The molecule has 2 fully saturated rings. The molecule has 152 valence electrons. The number of carbonyl (C=O) groups is 1. The SMILES string of the molecule is CC(C)(C)CC(=O)N[C@H]1[C@H](c2cccs2)N(CC2CCCC2)CC[C@@]1(C)O. The van der Waals surface area contributed by atoms with Crippen molar-refractivity contribution in [2.24, 2.45) is 11.3 Å². The van der Waals surface area contributed by atoms with E-state index in [4.69, 9.17) is 0 Å². The molecule has 1 aromatic rings. The molecule has 1 saturated carbocycles. The van der Waals surface area contributed by atoms with Gasteiger partial charge in [-0.25, -0.2) is 0 Å². The monoisotopic (exact) mass is 392 g/mol. The highest BCUT2D eigenvalue weighted by atomic mass is 32.1. The summed E-state index contributed by atoms with van der Waals surface area (Å²) < 4.78 is 0. The summed E-state index contributed by atoms with van der Waals surface area (Å²) in [6, 6.07) is 4.01. The number of nitrogens with one attached hydrogen (secondary N) is 1. The van der Waals surface area contributed by atoms with E-state index in [9.17, 15) is 9.90 Å². The molecule has 0 spiro atoms. The number of nitrogens with zero attached hydrogens (tertiary/aromatic N) is 1. The van der Waals surface area contributed by atoms with E-state index in [-0.39, 0.29) is 23.4 Å². The maximum atomic E-state index is 12.7. The van der Waals surface area contributed by atoms with Gasteiger partial charge >= 0.3 is 0 Å². The third-order valence-electron chi connectivity index (χ3n) is 6.09. The Labute approximate surface area is 168 Å². The summed E-state index contributed by atoms with van der Waals surface area (Å²) in [4.78, 5) is 16.5. The number of likely N-dealkylation sites (tertiary alicyclic amines) is 1. The fraction of sp³-hybridized carbons (Fsp3) is 0.773. The van der Waals surface area contributed by atoms with Crippen LogP contribution in [-0.4, -0.2) is 40.6 Å². The van der Waals surface area contributed by atoms with Crippen molar-refractivity contribution < 1.29 is 9.90 Å². The van der Waals surface area contributed by atoms with Crippen molar-refractivity contribution in [1.29, 1.82) is 0 Å². The number of rotatable bonds is 5. The smallest absolute Gasteiger partial charge is 0.220 e. The largest absolute Gasteiger partial charge is 0.388 e. The van der Waals surface area contributed by atoms with Crippen molar-refractivity contribution in [2.45, 2.75) is 83.9 Å². The third kappa shape index (κ3) is 5.33. The summed E-state index contributed by atoms with van der Waals surface area (Å²) >= 11 is 1.73. The van der Waals surface area contributed by atoms with Gasteiger partial charge in [-0.05, 0) is 49.0 Å². The van der Waals surface area contributed by atoms with Crippen molar-refractivity contribution in [2.75, 3.05) is 13.1 Å². The Hall–Kier alpha value is -0.910. The molecule has 3 atom stereocenters. The molecule has 1 aliphatic carbocycles. The third-order valence-corrected chi connectivity index (χ3v) is 7.04. The van der Waals surface area contributed by atoms with E-state index >= 15 is 0 Å². The van der Waals surface area contributed by atoms with Crippen LogP contribution >= 0.6 is 11.3 Å². The van der Waals surface area contributed by atoms with Crippen LogP contribution in [0, 0.1) is 11.3 Å². The standard InChI is InChI=1S/C22H36N2O2S/c1-21(2,3)14-18(25)23-20-19(17-10-7-13-27-17)24(12-11-22(20,4)26)15-16-8-5-6-9-16/h7,10,13,16,19-20,26H,5-6,8-9,11-12,14-15H2,1-4H3,(H,23,25)/t19-,20-,22+/m0/s1. The summed E-state index contributed by atoms with van der Waals surface area (Å²) in [6.07, 6.45) is 6.47. The van der Waals surface area contributed by atoms with Gasteiger partial charge in [0.15, 0.2) is 0 Å². The average molecular weight is 393 g/mol. The van der Waals surface area contributed by atoms with Crippen molar-refractivity contribution in [1.82, 2.24) is 10.2 Å². The highest BCUT2D eigenvalue weighted by Gasteiger charge is 2.47. The Morgan fingerprint density at radius 3 is 2.67 bits per heavy atom. The molecule has 2 heterocycles. The second-order valence-electron chi connectivity index (χ2n) is 10.00. The van der Waals surface area contributed by atoms with Crippen LogP contribution in [-0.2, 0) is 4.79 Å². The quantitative estimate of drug-likeness (QED) is 0.783. The summed E-state index contributed by atoms with van der Waals surface area (Å²) in [6.45, 7) is 10.1. The van der Waals surface area contributed by atoms with E-state index in [0.717, 1.165) is 19.0 Å². The minimum atomic E-state index is -0.894. The van der Waals surface area contributed by atoms with Crippen LogP contribution in [0.15, 0.2) is 17.5 Å². The lowest BCUT2D eigenvalue weighted by Gasteiger charge is -2.49. The Kier molecular flexibility index (Phi) is 6.34. The van der Waals surface area contributed by atoms with Crippen LogP contribution in [0.4, 0.5) is 0 Å². The number of carbonyl (C=O) groups excluding carboxylic acids is 1. The van der Waals surface area contributed by atoms with Gasteiger partial charge < -0.3 is 10.4 Å². The lowest BCUT2D eigenvalue weighted by Crippen LogP contribution is -2.62. The predicted octanol–water partition coefficient (Wildman–Crippen LogP) is 4.36. The number of aliphatic hydroxyl groups is 1. The molecular formula is C22H36N2O2S. The van der Waals surface area contributed by atoms with Gasteiger partial charge in [0.25, 0.3) is 0 Å². The first-order chi connectivity index (χ1) is 12.7. The molecule has 0 radical (unpaired) electrons. The van der Waals surface area contributed by atoms with Crippen LogP contribution < -0.4 is 5.32 Å². The minimum Gasteiger partial charge on any atom is -0.388 e. The molecule has 0 aromatic carbocycles. The summed E-state index contributed by atoms with van der Waals surface area (Å²) in [5.41, 5.74) is -0.957. The first-order valence-corrected chi connectivity index (χ1v) is 11.3. The van der Waals surface area contributed by atoms with Gasteiger partial charge in [-0.3, -0.25) is 9.69 Å². The van der Waals surface area contributed by atoms with Crippen molar-refractivity contribution in [3.8, 4) is 0 Å². The Balaban J connectivity index is 1.83. The van der Waals surface area contributed by atoms with Gasteiger partial charge in [-0.2, -0.15) is 0 Å². The number of hydrogen-bond donors (Lipinski definition) is 2. The molecule has 27 heavy (non-hydrogen) atoms. The van der Waals surface area contributed by atoms with E-state index in [1.54, 1.807) is 11.3 Å². The van der Waals surface area contributed by atoms with Gasteiger partial charge in [0.2, 0.25) is 5.91 Å². The molecule has 2 N–H and O–H groups in total. The highest BCUT2D eigenvalue weighted by Crippen LogP contribution is 2.40. The van der Waals surface area contributed by atoms with Gasteiger partial charge in [0, 0.05) is 24.4 Å². The van der Waals surface area contributed by atoms with Crippen molar-refractivity contribution >= 4 is 17.2 Å². The van der Waals surface area contributed by atoms with E-state index in [1.807, 2.05) is 6.92 Å². The zero-order chi connectivity index (χ0) is 19.7. The highest BCUT2D eigenvalue weighted by molar-refractivity contribution is 7.10. The van der Waals surface area contributed by atoms with Crippen LogP contribution in [0.1, 0.15) is 77.1 Å². The number of hydrogen-bond acceptors (Lipinski definition) is 4. The van der Waals surface area contributed by atoms with Gasteiger partial charge in [-0.15, -0.1) is 11.3 Å². The van der Waals surface area contributed by atoms with E-state index in [1.165, 1.54) is 30.6 Å². The van der Waals surface area contributed by atoms with Crippen molar-refractivity contribution in [3.63, 3.8) is 0 Å². The Morgan fingerprint density at radius 2 is 2.07 bits per heavy atom. The summed E-state index contributed by atoms with van der Waals surface area (Å²) in [5, 5.41) is 16.5. The van der Waals surface area contributed by atoms with E-state index in [2.05, 4.69) is 48.5 Å². The van der Waals surface area contributed by atoms with E-state index in [0.29, 0.717) is 12.8 Å². The molecule has 5 heteroatoms. The topological polar surface area (TPSA) is 52.6 Å². The summed E-state index contributed by atoms with van der Waals surface area (Å²) in [5.74, 6) is 0.790. The molecule has 3 rings (SSSR count). The first kappa shape index (κ1) is 20.8. The molecule has 4 nitrogen and oxygen atoms in total. The van der Waals surface area contributed by atoms with Crippen LogP contribution in [0.3, 0.4) is 0 Å². The van der Waals surface area contributed by atoms with Gasteiger partial charge in [-0.1, -0.05) is 39.7 Å². The van der Waals surface area contributed by atoms with Crippen molar-refractivity contribution in [3.05, 3.63) is 22.4 Å². The normalized spacial score (nSPS) is 30.6. The average Bonchev–Trinajstić information content (AvgIpc) is 3.22. The zero-order valence-corrected chi connectivity index (χ0v) is 18.1. The zero-order valence-electron chi connectivity index (χ0n) is 17.3. The first-order valence-electron chi connectivity index (χ1n) is 10.4. The second kappa shape index (κ2) is 8.22. The minimum absolute atomic E-state index is 0.0389. The Morgan fingerprint density at radius 1 is 1.37 bits per heavy atom. The molecule has 1 amide bonds. The summed E-state index contributed by atoms with van der Waals surface area (Å²) in [7, 11) is 0. The lowest BCUT2D eigenvalue weighted by molar-refractivity contribution is -0.130. The maximum absolute atomic E-state index is 12.7. The molecule has 1 aliphatic heterocycles.